The Morgan fingerprint density at radius 2 is 2.05 bits per heavy atom. The van der Waals surface area contributed by atoms with E-state index in [1.54, 1.807) is 0 Å². The Hall–Kier alpha value is -3.03. The number of amides is 1. The van der Waals surface area contributed by atoms with Gasteiger partial charge in [0.15, 0.2) is 0 Å². The van der Waals surface area contributed by atoms with E-state index < -0.39 is 6.03 Å². The maximum atomic E-state index is 12.8. The first-order chi connectivity index (χ1) is 9.72. The van der Waals surface area contributed by atoms with Gasteiger partial charge in [-0.15, -0.1) is 5.10 Å². The molecule has 8 heteroatoms. The molecular formula is C12H8FN5O2. The van der Waals surface area contributed by atoms with E-state index in [0.717, 1.165) is 0 Å². The monoisotopic (exact) mass is 273 g/mol. The minimum absolute atomic E-state index is 0.0528. The van der Waals surface area contributed by atoms with Crippen LogP contribution >= 0.6 is 0 Å². The van der Waals surface area contributed by atoms with Crippen molar-refractivity contribution < 1.29 is 13.6 Å². The molecule has 2 aromatic heterocycles. The van der Waals surface area contributed by atoms with E-state index in [4.69, 9.17) is 4.42 Å². The summed E-state index contributed by atoms with van der Waals surface area (Å²) in [4.78, 5) is 15.4. The standard InChI is InChI=1S/C12H8FN5O2/c13-9-3-1-8(2-4-9)10-16-17-11(20-10)15-12(19)18-6-5-14-7-18/h1-7H,(H,15,17,19). The average molecular weight is 273 g/mol. The lowest BCUT2D eigenvalue weighted by Gasteiger charge is -1.99. The second-order valence-electron chi connectivity index (χ2n) is 3.82. The van der Waals surface area contributed by atoms with Gasteiger partial charge in [0.05, 0.1) is 0 Å². The van der Waals surface area contributed by atoms with E-state index in [2.05, 4.69) is 20.5 Å². The molecule has 7 nitrogen and oxygen atoms in total. The molecule has 0 aliphatic rings. The fourth-order valence-electron chi connectivity index (χ4n) is 1.52. The summed E-state index contributed by atoms with van der Waals surface area (Å²) in [5.41, 5.74) is 0.557. The molecule has 3 aromatic rings. The van der Waals surface area contributed by atoms with Crippen molar-refractivity contribution in [2.24, 2.45) is 0 Å². The number of imidazole rings is 1. The first kappa shape index (κ1) is 12.0. The average Bonchev–Trinajstić information content (AvgIpc) is 3.10. The zero-order valence-electron chi connectivity index (χ0n) is 10.0. The summed E-state index contributed by atoms with van der Waals surface area (Å²) in [6, 6.07) is 5.04. The van der Waals surface area contributed by atoms with Crippen LogP contribution in [0.5, 0.6) is 0 Å². The highest BCUT2D eigenvalue weighted by molar-refractivity contribution is 5.88. The number of rotatable bonds is 2. The summed E-state index contributed by atoms with van der Waals surface area (Å²) in [7, 11) is 0. The molecule has 0 fully saturated rings. The van der Waals surface area contributed by atoms with Gasteiger partial charge < -0.3 is 4.42 Å². The van der Waals surface area contributed by atoms with Crippen molar-refractivity contribution in [1.29, 1.82) is 0 Å². The molecule has 1 amide bonds. The SMILES string of the molecule is O=C(Nc1nnc(-c2ccc(F)cc2)o1)n1ccnc1. The van der Waals surface area contributed by atoms with Crippen LogP contribution in [0.4, 0.5) is 15.2 Å². The normalized spacial score (nSPS) is 10.4. The summed E-state index contributed by atoms with van der Waals surface area (Å²) >= 11 is 0. The topological polar surface area (TPSA) is 85.8 Å². The van der Waals surface area contributed by atoms with Crippen LogP contribution in [0.3, 0.4) is 0 Å². The van der Waals surface area contributed by atoms with Gasteiger partial charge in [0.25, 0.3) is 0 Å². The number of nitrogens with one attached hydrogen (secondary N) is 1. The van der Waals surface area contributed by atoms with Crippen LogP contribution in [0, 0.1) is 5.82 Å². The maximum absolute atomic E-state index is 12.8. The van der Waals surface area contributed by atoms with Gasteiger partial charge in [-0.05, 0) is 24.3 Å². The second-order valence-corrected chi connectivity index (χ2v) is 3.82. The predicted molar refractivity (Wildman–Crippen MR) is 66.3 cm³/mol. The van der Waals surface area contributed by atoms with E-state index in [0.29, 0.717) is 5.56 Å². The Kier molecular flexibility index (Phi) is 2.96. The molecule has 0 unspecified atom stereocenters. The number of hydrogen-bond donors (Lipinski definition) is 1. The Balaban J connectivity index is 1.77. The van der Waals surface area contributed by atoms with Crippen molar-refractivity contribution in [3.63, 3.8) is 0 Å². The van der Waals surface area contributed by atoms with E-state index in [1.165, 1.54) is 47.6 Å². The highest BCUT2D eigenvalue weighted by Gasteiger charge is 2.12. The zero-order chi connectivity index (χ0) is 13.9. The number of carbonyl (C=O) groups is 1. The number of halogens is 1. The molecule has 100 valence electrons. The molecule has 0 aliphatic heterocycles. The van der Waals surface area contributed by atoms with E-state index in [-0.39, 0.29) is 17.7 Å². The smallest absolute Gasteiger partial charge is 0.334 e. The number of benzene rings is 1. The summed E-state index contributed by atoms with van der Waals surface area (Å²) in [6.45, 7) is 0. The first-order valence-corrected chi connectivity index (χ1v) is 5.61. The lowest BCUT2D eigenvalue weighted by Crippen LogP contribution is -2.17. The van der Waals surface area contributed by atoms with Gasteiger partial charge >= 0.3 is 12.0 Å². The van der Waals surface area contributed by atoms with Crippen LogP contribution in [0.2, 0.25) is 0 Å². The Morgan fingerprint density at radius 1 is 1.25 bits per heavy atom. The van der Waals surface area contributed by atoms with Crippen LogP contribution < -0.4 is 5.32 Å². The van der Waals surface area contributed by atoms with E-state index in [1.807, 2.05) is 0 Å². The van der Waals surface area contributed by atoms with Gasteiger partial charge in [-0.2, -0.15) is 0 Å². The van der Waals surface area contributed by atoms with Gasteiger partial charge in [-0.1, -0.05) is 5.10 Å². The third kappa shape index (κ3) is 2.39. The van der Waals surface area contributed by atoms with Crippen molar-refractivity contribution in [3.8, 4) is 11.5 Å². The fraction of sp³-hybridized carbons (Fsp3) is 0. The minimum Gasteiger partial charge on any atom is -0.403 e. The van der Waals surface area contributed by atoms with Crippen molar-refractivity contribution in [2.75, 3.05) is 5.32 Å². The van der Waals surface area contributed by atoms with Crippen LogP contribution in [-0.4, -0.2) is 25.8 Å². The number of carbonyl (C=O) groups excluding carboxylic acids is 1. The zero-order valence-corrected chi connectivity index (χ0v) is 10.0. The molecule has 3 rings (SSSR count). The molecule has 0 aliphatic carbocycles. The molecule has 1 aromatic carbocycles. The van der Waals surface area contributed by atoms with E-state index >= 15 is 0 Å². The lowest BCUT2D eigenvalue weighted by molar-refractivity contribution is 0.253. The third-order valence-electron chi connectivity index (χ3n) is 2.47. The molecule has 0 atom stereocenters. The van der Waals surface area contributed by atoms with Crippen molar-refractivity contribution in [3.05, 3.63) is 48.8 Å². The lowest BCUT2D eigenvalue weighted by atomic mass is 10.2. The molecule has 2 heterocycles. The third-order valence-corrected chi connectivity index (χ3v) is 2.47. The molecule has 0 saturated heterocycles. The molecule has 0 radical (unpaired) electrons. The summed E-state index contributed by atoms with van der Waals surface area (Å²) in [5, 5.41) is 9.88. The predicted octanol–water partition coefficient (Wildman–Crippen LogP) is 2.15. The molecule has 0 bridgehead atoms. The molecule has 0 saturated carbocycles. The van der Waals surface area contributed by atoms with Gasteiger partial charge in [0.2, 0.25) is 5.89 Å². The van der Waals surface area contributed by atoms with Crippen LogP contribution in [0.15, 0.2) is 47.4 Å². The fourth-order valence-corrected chi connectivity index (χ4v) is 1.52. The summed E-state index contributed by atoms with van der Waals surface area (Å²) in [6.07, 6.45) is 4.29. The number of aromatic nitrogens is 4. The largest absolute Gasteiger partial charge is 0.403 e. The minimum atomic E-state index is -0.475. The first-order valence-electron chi connectivity index (χ1n) is 5.61. The number of anilines is 1. The number of nitrogens with zero attached hydrogens (tertiary/aromatic N) is 4. The van der Waals surface area contributed by atoms with Crippen molar-refractivity contribution in [1.82, 2.24) is 19.7 Å². The van der Waals surface area contributed by atoms with Crippen molar-refractivity contribution >= 4 is 12.0 Å². The van der Waals surface area contributed by atoms with Gasteiger partial charge in [0.1, 0.15) is 12.1 Å². The highest BCUT2D eigenvalue weighted by Crippen LogP contribution is 2.19. The van der Waals surface area contributed by atoms with Gasteiger partial charge in [-0.25, -0.2) is 14.2 Å². The van der Waals surface area contributed by atoms with Crippen molar-refractivity contribution in [2.45, 2.75) is 0 Å². The maximum Gasteiger partial charge on any atom is 0.334 e. The quantitative estimate of drug-likeness (QED) is 0.773. The van der Waals surface area contributed by atoms with Crippen LogP contribution in [0.25, 0.3) is 11.5 Å². The molecule has 20 heavy (non-hydrogen) atoms. The second kappa shape index (κ2) is 4.92. The molecule has 1 N–H and O–H groups in total. The Labute approximate surface area is 112 Å². The van der Waals surface area contributed by atoms with Crippen LogP contribution in [-0.2, 0) is 0 Å². The van der Waals surface area contributed by atoms with Crippen LogP contribution in [0.1, 0.15) is 0 Å². The van der Waals surface area contributed by atoms with Gasteiger partial charge in [-0.3, -0.25) is 9.88 Å². The Morgan fingerprint density at radius 3 is 2.75 bits per heavy atom. The number of hydrogen-bond acceptors (Lipinski definition) is 5. The Bertz CT molecular complexity index is 721. The molecular weight excluding hydrogens is 265 g/mol. The summed E-state index contributed by atoms with van der Waals surface area (Å²) < 4.78 is 19.3. The molecule has 0 spiro atoms. The highest BCUT2D eigenvalue weighted by atomic mass is 19.1. The summed E-state index contributed by atoms with van der Waals surface area (Å²) in [5.74, 6) is -0.173. The van der Waals surface area contributed by atoms with E-state index in [9.17, 15) is 9.18 Å². The van der Waals surface area contributed by atoms with Gasteiger partial charge in [0, 0.05) is 18.0 Å².